The molecule has 1 heterocycles. The SMILES string of the molecule is COCCO[C@H](c1ncc(C)cn1)[C@H](C)S(=O)(=O)N(Cc1ccc(OC)cc1)Cc1ccc(OC)cc1. The molecule has 0 saturated heterocycles. The molecule has 0 aliphatic carbocycles. The van der Waals surface area contributed by atoms with Gasteiger partial charge in [0.2, 0.25) is 10.0 Å². The zero-order chi connectivity index (χ0) is 26.8. The molecule has 2 aromatic carbocycles. The molecule has 0 saturated carbocycles. The normalized spacial score (nSPS) is 13.4. The predicted octanol–water partition coefficient (Wildman–Crippen LogP) is 3.93. The van der Waals surface area contributed by atoms with Gasteiger partial charge >= 0.3 is 0 Å². The molecule has 0 aliphatic rings. The lowest BCUT2D eigenvalue weighted by Gasteiger charge is -2.30. The van der Waals surface area contributed by atoms with Crippen molar-refractivity contribution in [3.63, 3.8) is 0 Å². The minimum atomic E-state index is -3.90. The van der Waals surface area contributed by atoms with Crippen LogP contribution in [0.15, 0.2) is 60.9 Å². The highest BCUT2D eigenvalue weighted by Gasteiger charge is 2.37. The first-order chi connectivity index (χ1) is 17.8. The molecular weight excluding hydrogens is 494 g/mol. The molecule has 10 heteroatoms. The van der Waals surface area contributed by atoms with Gasteiger partial charge in [0.15, 0.2) is 5.82 Å². The molecule has 0 N–H and O–H groups in total. The van der Waals surface area contributed by atoms with Crippen molar-refractivity contribution < 1.29 is 27.4 Å². The van der Waals surface area contributed by atoms with Crippen molar-refractivity contribution in [1.82, 2.24) is 14.3 Å². The van der Waals surface area contributed by atoms with Crippen LogP contribution in [-0.2, 0) is 32.6 Å². The number of hydrogen-bond acceptors (Lipinski definition) is 8. The minimum Gasteiger partial charge on any atom is -0.497 e. The molecule has 1 aromatic heterocycles. The highest BCUT2D eigenvalue weighted by atomic mass is 32.2. The molecule has 0 aliphatic heterocycles. The van der Waals surface area contributed by atoms with Crippen LogP contribution in [0.4, 0.5) is 0 Å². The molecule has 0 amide bonds. The van der Waals surface area contributed by atoms with Crippen molar-refractivity contribution in [2.75, 3.05) is 34.5 Å². The van der Waals surface area contributed by atoms with Gasteiger partial charge < -0.3 is 18.9 Å². The maximum absolute atomic E-state index is 14.1. The van der Waals surface area contributed by atoms with Gasteiger partial charge in [-0.1, -0.05) is 24.3 Å². The van der Waals surface area contributed by atoms with Crippen LogP contribution in [0.1, 0.15) is 35.5 Å². The summed E-state index contributed by atoms with van der Waals surface area (Å²) in [6.45, 7) is 4.36. The lowest BCUT2D eigenvalue weighted by Crippen LogP contribution is -2.40. The second-order valence-corrected chi connectivity index (χ2v) is 10.9. The first-order valence-electron chi connectivity index (χ1n) is 11.9. The predicted molar refractivity (Wildman–Crippen MR) is 141 cm³/mol. The zero-order valence-corrected chi connectivity index (χ0v) is 22.8. The molecule has 0 radical (unpaired) electrons. The fourth-order valence-electron chi connectivity index (χ4n) is 3.72. The summed E-state index contributed by atoms with van der Waals surface area (Å²) in [4.78, 5) is 8.74. The molecule has 2 atom stereocenters. The Morgan fingerprint density at radius 2 is 1.30 bits per heavy atom. The highest BCUT2D eigenvalue weighted by molar-refractivity contribution is 7.89. The van der Waals surface area contributed by atoms with Crippen LogP contribution in [0.2, 0.25) is 0 Å². The van der Waals surface area contributed by atoms with E-state index in [9.17, 15) is 8.42 Å². The van der Waals surface area contributed by atoms with E-state index < -0.39 is 21.4 Å². The summed E-state index contributed by atoms with van der Waals surface area (Å²) in [7, 11) is 0.846. The van der Waals surface area contributed by atoms with Crippen molar-refractivity contribution >= 4 is 10.0 Å². The Hall–Kier alpha value is -3.05. The third-order valence-corrected chi connectivity index (χ3v) is 8.10. The van der Waals surface area contributed by atoms with Crippen LogP contribution in [0.3, 0.4) is 0 Å². The topological polar surface area (TPSA) is 100 Å². The second-order valence-electron chi connectivity index (χ2n) is 8.62. The summed E-state index contributed by atoms with van der Waals surface area (Å²) >= 11 is 0. The monoisotopic (exact) mass is 529 g/mol. The lowest BCUT2D eigenvalue weighted by atomic mass is 10.2. The van der Waals surface area contributed by atoms with Crippen molar-refractivity contribution in [3.8, 4) is 11.5 Å². The second kappa shape index (κ2) is 13.5. The Bertz CT molecular complexity index is 1150. The molecule has 0 spiro atoms. The summed E-state index contributed by atoms with van der Waals surface area (Å²) in [5.41, 5.74) is 2.53. The number of aromatic nitrogens is 2. The molecule has 3 rings (SSSR count). The van der Waals surface area contributed by atoms with E-state index in [0.29, 0.717) is 23.9 Å². The highest BCUT2D eigenvalue weighted by Crippen LogP contribution is 2.28. The third-order valence-electron chi connectivity index (χ3n) is 5.93. The molecule has 3 aromatic rings. The van der Waals surface area contributed by atoms with Crippen molar-refractivity contribution in [3.05, 3.63) is 83.4 Å². The molecule has 9 nitrogen and oxygen atoms in total. The number of ether oxygens (including phenoxy) is 4. The van der Waals surface area contributed by atoms with Crippen molar-refractivity contribution in [1.29, 1.82) is 0 Å². The number of hydrogen-bond donors (Lipinski definition) is 0. The van der Waals surface area contributed by atoms with Gasteiger partial charge in [-0.3, -0.25) is 0 Å². The van der Waals surface area contributed by atoms with Crippen LogP contribution in [-0.4, -0.2) is 62.5 Å². The van der Waals surface area contributed by atoms with Gasteiger partial charge in [0, 0.05) is 32.6 Å². The number of methoxy groups -OCH3 is 3. The number of nitrogens with zero attached hydrogens (tertiary/aromatic N) is 3. The van der Waals surface area contributed by atoms with Crippen molar-refractivity contribution in [2.24, 2.45) is 0 Å². The molecule has 0 unspecified atom stereocenters. The fourth-order valence-corrected chi connectivity index (χ4v) is 5.37. The van der Waals surface area contributed by atoms with Gasteiger partial charge in [-0.15, -0.1) is 0 Å². The van der Waals surface area contributed by atoms with Crippen LogP contribution < -0.4 is 9.47 Å². The fraction of sp³-hybridized carbons (Fsp3) is 0.407. The Morgan fingerprint density at radius 3 is 1.73 bits per heavy atom. The minimum absolute atomic E-state index is 0.169. The maximum Gasteiger partial charge on any atom is 0.220 e. The van der Waals surface area contributed by atoms with Gasteiger partial charge in [0.25, 0.3) is 0 Å². The van der Waals surface area contributed by atoms with Gasteiger partial charge in [0.05, 0.1) is 27.4 Å². The smallest absolute Gasteiger partial charge is 0.220 e. The van der Waals surface area contributed by atoms with Crippen LogP contribution >= 0.6 is 0 Å². The van der Waals surface area contributed by atoms with Crippen LogP contribution in [0.25, 0.3) is 0 Å². The van der Waals surface area contributed by atoms with Gasteiger partial charge in [-0.05, 0) is 54.8 Å². The van der Waals surface area contributed by atoms with E-state index in [4.69, 9.17) is 18.9 Å². The van der Waals surface area contributed by atoms with E-state index in [1.54, 1.807) is 40.6 Å². The van der Waals surface area contributed by atoms with Crippen molar-refractivity contribution in [2.45, 2.75) is 38.3 Å². The molecule has 37 heavy (non-hydrogen) atoms. The zero-order valence-electron chi connectivity index (χ0n) is 22.0. The van der Waals surface area contributed by atoms with E-state index in [0.717, 1.165) is 16.7 Å². The number of benzene rings is 2. The maximum atomic E-state index is 14.1. The van der Waals surface area contributed by atoms with Crippen LogP contribution in [0, 0.1) is 6.92 Å². The summed E-state index contributed by atoms with van der Waals surface area (Å²) in [5, 5.41) is -0.969. The van der Waals surface area contributed by atoms with Crippen LogP contribution in [0.5, 0.6) is 11.5 Å². The summed E-state index contributed by atoms with van der Waals surface area (Å²) in [6, 6.07) is 14.7. The average molecular weight is 530 g/mol. The quantitative estimate of drug-likeness (QED) is 0.290. The lowest BCUT2D eigenvalue weighted by molar-refractivity contribution is 0.0110. The summed E-state index contributed by atoms with van der Waals surface area (Å²) in [6.07, 6.45) is 2.43. The first kappa shape index (κ1) is 28.5. The number of sulfonamides is 1. The Morgan fingerprint density at radius 1 is 0.811 bits per heavy atom. The largest absolute Gasteiger partial charge is 0.497 e. The summed E-state index contributed by atoms with van der Waals surface area (Å²) in [5.74, 6) is 1.71. The summed E-state index contributed by atoms with van der Waals surface area (Å²) < 4.78 is 51.3. The number of aryl methyl sites for hydroxylation is 1. The van der Waals surface area contributed by atoms with E-state index >= 15 is 0 Å². The average Bonchev–Trinajstić information content (AvgIpc) is 2.92. The van der Waals surface area contributed by atoms with Gasteiger partial charge in [-0.25, -0.2) is 18.4 Å². The Labute approximate surface area is 219 Å². The number of rotatable bonds is 14. The standard InChI is InChI=1S/C27H35N3O6S/c1-20-16-28-27(29-17-20)26(36-15-14-33-3)21(2)37(31,32)30(18-22-6-10-24(34-4)11-7-22)19-23-8-12-25(35-5)13-9-23/h6-13,16-17,21,26H,14-15,18-19H2,1-5H3/t21-,26-/m0/s1. The van der Waals surface area contributed by atoms with E-state index in [1.165, 1.54) is 4.31 Å². The molecular formula is C27H35N3O6S. The van der Waals surface area contributed by atoms with E-state index in [2.05, 4.69) is 9.97 Å². The van der Waals surface area contributed by atoms with Gasteiger partial charge in [-0.2, -0.15) is 4.31 Å². The van der Waals surface area contributed by atoms with Gasteiger partial charge in [0.1, 0.15) is 22.9 Å². The van der Waals surface area contributed by atoms with E-state index in [1.807, 2.05) is 55.5 Å². The Kier molecular flexibility index (Phi) is 10.4. The third kappa shape index (κ3) is 7.72. The molecule has 0 fully saturated rings. The molecule has 0 bridgehead atoms. The first-order valence-corrected chi connectivity index (χ1v) is 13.4. The van der Waals surface area contributed by atoms with E-state index in [-0.39, 0.29) is 19.7 Å². The Balaban J connectivity index is 1.95. The molecule has 200 valence electrons.